The van der Waals surface area contributed by atoms with Crippen LogP contribution >= 0.6 is 15.9 Å². The molecule has 2 aromatic carbocycles. The molecule has 4 heterocycles. The summed E-state index contributed by atoms with van der Waals surface area (Å²) in [5, 5.41) is 1.63. The van der Waals surface area contributed by atoms with Crippen LogP contribution in [0.1, 0.15) is 5.56 Å². The first-order valence-corrected chi connectivity index (χ1v) is 12.7. The minimum absolute atomic E-state index is 0.311. The van der Waals surface area contributed by atoms with E-state index in [2.05, 4.69) is 42.4 Å². The standard InChI is InChI=1S/C14H14FN3O.C12H11BrFN3O/c1-2-10-7-11-9-16-14(17-13(11)8-12(10)15)18-3-5-19-6-4-18;13-9-5-8-7-15-12(16-11(8)6-10(9)14)17-1-3-18-4-2-17/h2,7-9H,1,3-6H2;5-7H,1-4H2. The fourth-order valence-corrected chi connectivity index (χ4v) is 4.43. The third-order valence-corrected chi connectivity index (χ3v) is 6.71. The van der Waals surface area contributed by atoms with Crippen molar-refractivity contribution >= 4 is 55.7 Å². The molecule has 2 fully saturated rings. The van der Waals surface area contributed by atoms with Gasteiger partial charge in [0.1, 0.15) is 11.6 Å². The highest BCUT2D eigenvalue weighted by atomic mass is 79.9. The average Bonchev–Trinajstić information content (AvgIpc) is 2.94. The van der Waals surface area contributed by atoms with Crippen molar-refractivity contribution in [2.75, 3.05) is 62.4 Å². The molecule has 2 aliphatic heterocycles. The first kappa shape index (κ1) is 25.4. The Balaban J connectivity index is 0.000000152. The minimum atomic E-state index is -0.311. The summed E-state index contributed by atoms with van der Waals surface area (Å²) in [5.41, 5.74) is 1.70. The highest BCUT2D eigenvalue weighted by molar-refractivity contribution is 9.10. The van der Waals surface area contributed by atoms with E-state index in [1.54, 1.807) is 24.5 Å². The van der Waals surface area contributed by atoms with Crippen molar-refractivity contribution in [3.63, 3.8) is 0 Å². The Kier molecular flexibility index (Phi) is 7.82. The molecule has 11 heteroatoms. The molecule has 4 aromatic rings. The van der Waals surface area contributed by atoms with Crippen LogP contribution in [0.25, 0.3) is 27.9 Å². The number of rotatable bonds is 3. The summed E-state index contributed by atoms with van der Waals surface area (Å²) in [5.74, 6) is 0.636. The molecule has 0 atom stereocenters. The number of halogens is 3. The number of aromatic nitrogens is 4. The molecule has 0 N–H and O–H groups in total. The SMILES string of the molecule is C=Cc1cc2cnc(N3CCOCC3)nc2cc1F.Fc1cc2nc(N3CCOCC3)ncc2cc1Br. The predicted molar refractivity (Wildman–Crippen MR) is 143 cm³/mol. The fraction of sp³-hybridized carbons (Fsp3) is 0.308. The first-order valence-electron chi connectivity index (χ1n) is 11.9. The van der Waals surface area contributed by atoms with E-state index in [-0.39, 0.29) is 11.6 Å². The zero-order valence-corrected chi connectivity index (χ0v) is 21.6. The van der Waals surface area contributed by atoms with Crippen LogP contribution in [0.2, 0.25) is 0 Å². The van der Waals surface area contributed by atoms with E-state index in [1.165, 1.54) is 18.2 Å². The normalized spacial score (nSPS) is 16.0. The summed E-state index contributed by atoms with van der Waals surface area (Å²) in [4.78, 5) is 21.6. The molecule has 0 amide bonds. The molecule has 2 saturated heterocycles. The summed E-state index contributed by atoms with van der Waals surface area (Å²) >= 11 is 3.15. The maximum atomic E-state index is 13.7. The number of fused-ring (bicyclic) bond motifs is 2. The molecule has 8 nitrogen and oxygen atoms in total. The van der Waals surface area contributed by atoms with E-state index >= 15 is 0 Å². The highest BCUT2D eigenvalue weighted by Gasteiger charge is 2.16. The Hall–Kier alpha value is -3.28. The van der Waals surface area contributed by atoms with E-state index < -0.39 is 0 Å². The van der Waals surface area contributed by atoms with Crippen LogP contribution in [0.3, 0.4) is 0 Å². The van der Waals surface area contributed by atoms with Gasteiger partial charge in [0.2, 0.25) is 11.9 Å². The minimum Gasteiger partial charge on any atom is -0.378 e. The maximum absolute atomic E-state index is 13.7. The van der Waals surface area contributed by atoms with Crippen molar-refractivity contribution in [2.24, 2.45) is 0 Å². The van der Waals surface area contributed by atoms with Crippen molar-refractivity contribution in [1.29, 1.82) is 0 Å². The molecule has 2 aromatic heterocycles. The smallest absolute Gasteiger partial charge is 0.226 e. The van der Waals surface area contributed by atoms with Gasteiger partial charge in [0.05, 0.1) is 41.9 Å². The Labute approximate surface area is 221 Å². The molecule has 192 valence electrons. The molecule has 0 unspecified atom stereocenters. The zero-order valence-electron chi connectivity index (χ0n) is 20.0. The van der Waals surface area contributed by atoms with Crippen LogP contribution in [0.5, 0.6) is 0 Å². The second-order valence-electron chi connectivity index (χ2n) is 8.50. The zero-order chi connectivity index (χ0) is 25.8. The number of morpholine rings is 2. The van der Waals surface area contributed by atoms with Crippen LogP contribution in [0.15, 0.2) is 47.7 Å². The van der Waals surface area contributed by atoms with Gasteiger partial charge in [-0.05, 0) is 28.1 Å². The van der Waals surface area contributed by atoms with Crippen LogP contribution in [0.4, 0.5) is 20.7 Å². The van der Waals surface area contributed by atoms with Gasteiger partial charge in [0, 0.05) is 67.0 Å². The van der Waals surface area contributed by atoms with E-state index in [0.717, 1.165) is 37.0 Å². The van der Waals surface area contributed by atoms with Gasteiger partial charge in [-0.1, -0.05) is 12.7 Å². The van der Waals surface area contributed by atoms with Gasteiger partial charge in [-0.15, -0.1) is 0 Å². The lowest BCUT2D eigenvalue weighted by atomic mass is 10.1. The number of hydrogen-bond acceptors (Lipinski definition) is 8. The van der Waals surface area contributed by atoms with Gasteiger partial charge in [-0.25, -0.2) is 28.7 Å². The molecular formula is C26H25BrF2N6O2. The summed E-state index contributed by atoms with van der Waals surface area (Å²) in [7, 11) is 0. The van der Waals surface area contributed by atoms with Crippen LogP contribution in [0, 0.1) is 11.6 Å². The molecular weight excluding hydrogens is 546 g/mol. The predicted octanol–water partition coefficient (Wildman–Crippen LogP) is 4.62. The lowest BCUT2D eigenvalue weighted by molar-refractivity contribution is 0.122. The molecule has 37 heavy (non-hydrogen) atoms. The molecule has 2 aliphatic rings. The van der Waals surface area contributed by atoms with Gasteiger partial charge < -0.3 is 19.3 Å². The van der Waals surface area contributed by atoms with Crippen molar-refractivity contribution in [3.05, 3.63) is 64.9 Å². The Morgan fingerprint density at radius 1 is 0.757 bits per heavy atom. The van der Waals surface area contributed by atoms with Crippen LogP contribution in [-0.2, 0) is 9.47 Å². The van der Waals surface area contributed by atoms with Gasteiger partial charge >= 0.3 is 0 Å². The lowest BCUT2D eigenvalue weighted by Crippen LogP contribution is -2.37. The van der Waals surface area contributed by atoms with Gasteiger partial charge in [0.25, 0.3) is 0 Å². The topological polar surface area (TPSA) is 76.5 Å². The molecule has 0 saturated carbocycles. The molecule has 0 aliphatic carbocycles. The number of benzene rings is 2. The summed E-state index contributed by atoms with van der Waals surface area (Å²) < 4.78 is 38.2. The first-order chi connectivity index (χ1) is 18.0. The Bertz CT molecular complexity index is 1430. The van der Waals surface area contributed by atoms with E-state index in [1.807, 2.05) is 9.80 Å². The van der Waals surface area contributed by atoms with Gasteiger partial charge in [-0.2, -0.15) is 0 Å². The quantitative estimate of drug-likeness (QED) is 0.353. The third kappa shape index (κ3) is 5.84. The monoisotopic (exact) mass is 570 g/mol. The average molecular weight is 571 g/mol. The molecule has 0 bridgehead atoms. The molecule has 0 radical (unpaired) electrons. The number of anilines is 2. The molecule has 0 spiro atoms. The second-order valence-corrected chi connectivity index (χ2v) is 9.35. The number of nitrogens with zero attached hydrogens (tertiary/aromatic N) is 6. The second kappa shape index (κ2) is 11.4. The third-order valence-electron chi connectivity index (χ3n) is 6.10. The number of hydrogen-bond donors (Lipinski definition) is 0. The largest absolute Gasteiger partial charge is 0.378 e. The Morgan fingerprint density at radius 2 is 1.24 bits per heavy atom. The van der Waals surface area contributed by atoms with Crippen molar-refractivity contribution in [1.82, 2.24) is 19.9 Å². The highest BCUT2D eigenvalue weighted by Crippen LogP contribution is 2.24. The maximum Gasteiger partial charge on any atom is 0.226 e. The van der Waals surface area contributed by atoms with Crippen molar-refractivity contribution in [3.8, 4) is 0 Å². The summed E-state index contributed by atoms with van der Waals surface area (Å²) in [6.07, 6.45) is 4.93. The van der Waals surface area contributed by atoms with Crippen molar-refractivity contribution in [2.45, 2.75) is 0 Å². The lowest BCUT2D eigenvalue weighted by Gasteiger charge is -2.26. The summed E-state index contributed by atoms with van der Waals surface area (Å²) in [6.45, 7) is 9.35. The van der Waals surface area contributed by atoms with E-state index in [0.29, 0.717) is 59.4 Å². The van der Waals surface area contributed by atoms with Gasteiger partial charge in [0.15, 0.2) is 0 Å². The van der Waals surface area contributed by atoms with E-state index in [9.17, 15) is 8.78 Å². The number of ether oxygens (including phenoxy) is 2. The van der Waals surface area contributed by atoms with Crippen molar-refractivity contribution < 1.29 is 18.3 Å². The molecule has 6 rings (SSSR count). The van der Waals surface area contributed by atoms with E-state index in [4.69, 9.17) is 9.47 Å². The Morgan fingerprint density at radius 3 is 1.76 bits per heavy atom. The van der Waals surface area contributed by atoms with Crippen LogP contribution in [-0.4, -0.2) is 72.5 Å². The van der Waals surface area contributed by atoms with Crippen LogP contribution < -0.4 is 9.80 Å². The van der Waals surface area contributed by atoms with Gasteiger partial charge in [-0.3, -0.25) is 0 Å². The summed E-state index contributed by atoms with van der Waals surface area (Å²) in [6, 6.07) is 6.25. The fourth-order valence-electron chi connectivity index (χ4n) is 4.06.